The zero-order valence-electron chi connectivity index (χ0n) is 18.5. The zero-order chi connectivity index (χ0) is 23.6. The normalized spacial score (nSPS) is 23.0. The summed E-state index contributed by atoms with van der Waals surface area (Å²) in [7, 11) is 1.29. The van der Waals surface area contributed by atoms with Crippen LogP contribution in [0.4, 0.5) is 26.9 Å². The van der Waals surface area contributed by atoms with Crippen molar-refractivity contribution in [1.29, 1.82) is 0 Å². The highest BCUT2D eigenvalue weighted by atomic mass is 19.1. The number of ether oxygens (including phenoxy) is 2. The fraction of sp³-hybridized carbons (Fsp3) is 0.550. The Morgan fingerprint density at radius 1 is 1.39 bits per heavy atom. The monoisotopic (exact) mass is 462 g/mol. The number of rotatable bonds is 5. The molecule has 178 valence electrons. The van der Waals surface area contributed by atoms with E-state index in [4.69, 9.17) is 15.2 Å². The van der Waals surface area contributed by atoms with Crippen LogP contribution in [0.5, 0.6) is 0 Å². The number of carbonyl (C=O) groups excluding carboxylic acids is 1. The molecule has 2 aliphatic heterocycles. The van der Waals surface area contributed by atoms with Gasteiger partial charge in [0, 0.05) is 37.6 Å². The summed E-state index contributed by atoms with van der Waals surface area (Å²) in [6.45, 7) is 3.60. The Labute approximate surface area is 189 Å². The molecule has 2 atom stereocenters. The minimum absolute atomic E-state index is 0.00268. The molecule has 4 rings (SSSR count). The molecule has 0 bridgehead atoms. The van der Waals surface area contributed by atoms with E-state index < -0.39 is 17.4 Å². The van der Waals surface area contributed by atoms with Crippen LogP contribution in [-0.2, 0) is 9.47 Å². The molecular formula is C20H27FN8O4. The Hall–Kier alpha value is -3.32. The molecular weight excluding hydrogens is 435 g/mol. The van der Waals surface area contributed by atoms with Gasteiger partial charge in [-0.1, -0.05) is 0 Å². The first-order valence-corrected chi connectivity index (χ1v) is 10.6. The Morgan fingerprint density at radius 3 is 2.82 bits per heavy atom. The number of aliphatic hydroxyl groups excluding tert-OH is 1. The summed E-state index contributed by atoms with van der Waals surface area (Å²) in [6.07, 6.45) is 2.64. The van der Waals surface area contributed by atoms with Gasteiger partial charge in [-0.05, 0) is 13.3 Å². The molecule has 2 aliphatic rings. The van der Waals surface area contributed by atoms with Gasteiger partial charge < -0.3 is 35.4 Å². The third kappa shape index (κ3) is 4.59. The molecule has 0 radical (unpaired) electrons. The average molecular weight is 462 g/mol. The van der Waals surface area contributed by atoms with Crippen LogP contribution in [0.15, 0.2) is 12.4 Å². The predicted molar refractivity (Wildman–Crippen MR) is 117 cm³/mol. The molecule has 0 saturated carbocycles. The predicted octanol–water partition coefficient (Wildman–Crippen LogP) is 0.495. The van der Waals surface area contributed by atoms with Gasteiger partial charge in [0.25, 0.3) is 0 Å². The SMILES string of the molecule is COC(=O)N1CC[C@](CO)(Nc2nc(N3CCOC[C@@H]3C)nc(-c3cnc(N)nc3)c2F)C1. The number of nitrogens with zero attached hydrogens (tertiary/aromatic N) is 6. The van der Waals surface area contributed by atoms with Crippen molar-refractivity contribution >= 4 is 23.8 Å². The first-order valence-electron chi connectivity index (χ1n) is 10.6. The molecule has 0 aromatic carbocycles. The molecule has 2 aromatic rings. The van der Waals surface area contributed by atoms with E-state index in [1.54, 1.807) is 0 Å². The van der Waals surface area contributed by atoms with Crippen LogP contribution < -0.4 is 16.0 Å². The number of aliphatic hydroxyl groups is 1. The highest BCUT2D eigenvalue weighted by molar-refractivity contribution is 5.69. The van der Waals surface area contributed by atoms with E-state index in [0.717, 1.165) is 0 Å². The number of methoxy groups -OCH3 is 1. The summed E-state index contributed by atoms with van der Waals surface area (Å²) < 4.78 is 26.0. The van der Waals surface area contributed by atoms with Crippen molar-refractivity contribution in [1.82, 2.24) is 24.8 Å². The molecule has 2 saturated heterocycles. The third-order valence-corrected chi connectivity index (χ3v) is 5.88. The van der Waals surface area contributed by atoms with Crippen molar-refractivity contribution in [3.63, 3.8) is 0 Å². The molecule has 0 unspecified atom stereocenters. The first-order chi connectivity index (χ1) is 15.9. The lowest BCUT2D eigenvalue weighted by Gasteiger charge is -2.34. The second kappa shape index (κ2) is 9.27. The standard InChI is InChI=1S/C20H27FN8O4/c1-12-9-33-6-5-29(12)18-25-15(13-7-23-17(22)24-8-13)14(21)16(26-18)27-20(11-30)3-4-28(10-20)19(31)32-2/h7-8,12,30H,3-6,9-11H2,1-2H3,(H2,22,23,24)(H,25,26,27)/t12-,20-/m0/s1. The van der Waals surface area contributed by atoms with Crippen LogP contribution in [0.1, 0.15) is 13.3 Å². The third-order valence-electron chi connectivity index (χ3n) is 5.88. The van der Waals surface area contributed by atoms with Gasteiger partial charge in [0.2, 0.25) is 11.9 Å². The number of aromatic nitrogens is 4. The van der Waals surface area contributed by atoms with Crippen LogP contribution in [-0.4, -0.2) is 94.2 Å². The van der Waals surface area contributed by atoms with Crippen molar-refractivity contribution in [2.75, 3.05) is 62.5 Å². The number of halogens is 1. The first kappa shape index (κ1) is 22.9. The Bertz CT molecular complexity index is 1010. The van der Waals surface area contributed by atoms with Crippen LogP contribution in [0, 0.1) is 5.82 Å². The van der Waals surface area contributed by atoms with Crippen molar-refractivity contribution < 1.29 is 23.8 Å². The lowest BCUT2D eigenvalue weighted by Crippen LogP contribution is -2.47. The van der Waals surface area contributed by atoms with Crippen LogP contribution in [0.3, 0.4) is 0 Å². The van der Waals surface area contributed by atoms with Gasteiger partial charge >= 0.3 is 6.09 Å². The smallest absolute Gasteiger partial charge is 0.409 e. The molecule has 0 aliphatic carbocycles. The van der Waals surface area contributed by atoms with Gasteiger partial charge in [-0.3, -0.25) is 0 Å². The minimum atomic E-state index is -0.994. The van der Waals surface area contributed by atoms with Crippen LogP contribution in [0.2, 0.25) is 0 Å². The number of nitrogen functional groups attached to an aromatic ring is 1. The molecule has 4 N–H and O–H groups in total. The maximum atomic E-state index is 15.7. The number of hydrogen-bond donors (Lipinski definition) is 3. The van der Waals surface area contributed by atoms with Gasteiger partial charge in [0.1, 0.15) is 5.69 Å². The van der Waals surface area contributed by atoms with Crippen molar-refractivity contribution in [2.24, 2.45) is 0 Å². The molecule has 13 heteroatoms. The molecule has 2 aromatic heterocycles. The summed E-state index contributed by atoms with van der Waals surface area (Å²) >= 11 is 0. The summed E-state index contributed by atoms with van der Waals surface area (Å²) in [4.78, 5) is 32.1. The van der Waals surface area contributed by atoms with E-state index >= 15 is 4.39 Å². The number of morpholine rings is 1. The maximum Gasteiger partial charge on any atom is 0.409 e. The maximum absolute atomic E-state index is 15.7. The number of likely N-dealkylation sites (tertiary alicyclic amines) is 1. The number of nitrogens with two attached hydrogens (primary N) is 1. The van der Waals surface area contributed by atoms with Gasteiger partial charge in [-0.2, -0.15) is 4.98 Å². The van der Waals surface area contributed by atoms with E-state index in [-0.39, 0.29) is 36.7 Å². The summed E-state index contributed by atoms with van der Waals surface area (Å²) in [5.74, 6) is -0.456. The number of anilines is 3. The lowest BCUT2D eigenvalue weighted by molar-refractivity contribution is 0.0981. The number of carbonyl (C=O) groups is 1. The summed E-state index contributed by atoms with van der Waals surface area (Å²) in [5, 5.41) is 13.2. The van der Waals surface area contributed by atoms with Crippen molar-refractivity contribution in [3.8, 4) is 11.3 Å². The fourth-order valence-electron chi connectivity index (χ4n) is 4.00. The van der Waals surface area contributed by atoms with E-state index in [1.807, 2.05) is 11.8 Å². The minimum Gasteiger partial charge on any atom is -0.453 e. The highest BCUT2D eigenvalue weighted by Crippen LogP contribution is 2.32. The van der Waals surface area contributed by atoms with Gasteiger partial charge in [0.15, 0.2) is 11.6 Å². The number of nitrogens with one attached hydrogen (secondary N) is 1. The van der Waals surface area contributed by atoms with Crippen molar-refractivity contribution in [2.45, 2.75) is 24.9 Å². The fourth-order valence-corrected chi connectivity index (χ4v) is 4.00. The zero-order valence-corrected chi connectivity index (χ0v) is 18.5. The van der Waals surface area contributed by atoms with E-state index in [9.17, 15) is 9.90 Å². The van der Waals surface area contributed by atoms with E-state index in [2.05, 4.69) is 25.3 Å². The Balaban J connectivity index is 1.74. The molecule has 1 amide bonds. The number of amides is 1. The molecule has 4 heterocycles. The van der Waals surface area contributed by atoms with Crippen LogP contribution in [0.25, 0.3) is 11.3 Å². The van der Waals surface area contributed by atoms with E-state index in [0.29, 0.717) is 44.2 Å². The van der Waals surface area contributed by atoms with Crippen LogP contribution >= 0.6 is 0 Å². The second-order valence-corrected chi connectivity index (χ2v) is 8.19. The Morgan fingerprint density at radius 2 is 2.15 bits per heavy atom. The summed E-state index contributed by atoms with van der Waals surface area (Å²) in [5.41, 5.74) is 4.91. The van der Waals surface area contributed by atoms with Gasteiger partial charge in [0.05, 0.1) is 38.5 Å². The molecule has 12 nitrogen and oxygen atoms in total. The highest BCUT2D eigenvalue weighted by Gasteiger charge is 2.41. The average Bonchev–Trinajstić information content (AvgIpc) is 3.25. The van der Waals surface area contributed by atoms with Crippen molar-refractivity contribution in [3.05, 3.63) is 18.2 Å². The quantitative estimate of drug-likeness (QED) is 0.569. The van der Waals surface area contributed by atoms with Gasteiger partial charge in [-0.15, -0.1) is 0 Å². The number of hydrogen-bond acceptors (Lipinski definition) is 11. The van der Waals surface area contributed by atoms with E-state index in [1.165, 1.54) is 24.4 Å². The molecule has 2 fully saturated rings. The molecule has 33 heavy (non-hydrogen) atoms. The summed E-state index contributed by atoms with van der Waals surface area (Å²) in [6, 6.07) is -0.0272. The van der Waals surface area contributed by atoms with Gasteiger partial charge in [-0.25, -0.2) is 24.1 Å². The largest absolute Gasteiger partial charge is 0.453 e. The topological polar surface area (TPSA) is 152 Å². The molecule has 0 spiro atoms. The lowest BCUT2D eigenvalue weighted by atomic mass is 10.00. The second-order valence-electron chi connectivity index (χ2n) is 8.19. The Kier molecular flexibility index (Phi) is 6.42.